The molecular weight excluding hydrogens is 358 g/mol. The minimum absolute atomic E-state index is 0.0164. The van der Waals surface area contributed by atoms with Crippen LogP contribution in [0.25, 0.3) is 0 Å². The Labute approximate surface area is 151 Å². The summed E-state index contributed by atoms with van der Waals surface area (Å²) in [6.45, 7) is 0.0164. The summed E-state index contributed by atoms with van der Waals surface area (Å²) in [6, 6.07) is 13.7. The summed E-state index contributed by atoms with van der Waals surface area (Å²) in [7, 11) is -3.40. The SMILES string of the molecule is CS(=O)(=O)c1cccc(C[C@H](NC(=O)OCc2ccccc2)C(=O)O)c1. The third kappa shape index (κ3) is 5.89. The van der Waals surface area contributed by atoms with E-state index in [1.165, 1.54) is 18.2 Å². The number of carboxylic acids is 1. The van der Waals surface area contributed by atoms with Gasteiger partial charge in [0.05, 0.1) is 4.90 Å². The lowest BCUT2D eigenvalue weighted by Gasteiger charge is -2.15. The van der Waals surface area contributed by atoms with Crippen molar-refractivity contribution in [3.63, 3.8) is 0 Å². The van der Waals surface area contributed by atoms with E-state index in [0.29, 0.717) is 5.56 Å². The number of ether oxygens (including phenoxy) is 1. The van der Waals surface area contributed by atoms with E-state index in [-0.39, 0.29) is 17.9 Å². The molecular formula is C18H19NO6S. The molecule has 0 aliphatic heterocycles. The summed E-state index contributed by atoms with van der Waals surface area (Å²) < 4.78 is 28.2. The molecule has 8 heteroatoms. The monoisotopic (exact) mass is 377 g/mol. The minimum Gasteiger partial charge on any atom is -0.480 e. The molecule has 0 spiro atoms. The summed E-state index contributed by atoms with van der Waals surface area (Å²) in [5.41, 5.74) is 1.25. The normalized spacial score (nSPS) is 12.2. The fourth-order valence-corrected chi connectivity index (χ4v) is 2.94. The van der Waals surface area contributed by atoms with Crippen molar-refractivity contribution in [2.45, 2.75) is 24.0 Å². The minimum atomic E-state index is -3.40. The Morgan fingerprint density at radius 1 is 1.08 bits per heavy atom. The van der Waals surface area contributed by atoms with Gasteiger partial charge in [-0.3, -0.25) is 0 Å². The molecule has 2 aromatic carbocycles. The van der Waals surface area contributed by atoms with E-state index in [4.69, 9.17) is 4.74 Å². The molecule has 2 rings (SSSR count). The second kappa shape index (κ2) is 8.48. The number of carboxylic acid groups (broad SMARTS) is 1. The van der Waals surface area contributed by atoms with Gasteiger partial charge in [0.15, 0.2) is 9.84 Å². The summed E-state index contributed by atoms with van der Waals surface area (Å²) in [5.74, 6) is -1.24. The molecule has 0 heterocycles. The quantitative estimate of drug-likeness (QED) is 0.764. The summed E-state index contributed by atoms with van der Waals surface area (Å²) >= 11 is 0. The summed E-state index contributed by atoms with van der Waals surface area (Å²) in [6.07, 6.45) is 0.138. The average molecular weight is 377 g/mol. The molecule has 0 aromatic heterocycles. The standard InChI is InChI=1S/C18H19NO6S/c1-26(23,24)15-9-5-8-14(10-15)11-16(17(20)21)19-18(22)25-12-13-6-3-2-4-7-13/h2-10,16H,11-12H2,1H3,(H,19,22)(H,20,21)/t16-/m0/s1. The van der Waals surface area contributed by atoms with Crippen molar-refractivity contribution in [2.24, 2.45) is 0 Å². The van der Waals surface area contributed by atoms with E-state index in [1.54, 1.807) is 30.3 Å². The van der Waals surface area contributed by atoms with Crippen LogP contribution in [0, 0.1) is 0 Å². The van der Waals surface area contributed by atoms with E-state index in [9.17, 15) is 23.1 Å². The van der Waals surface area contributed by atoms with Gasteiger partial charge in [-0.15, -0.1) is 0 Å². The molecule has 0 bridgehead atoms. The van der Waals surface area contributed by atoms with Crippen LogP contribution in [0.5, 0.6) is 0 Å². The number of amides is 1. The Bertz CT molecular complexity index is 880. The molecule has 0 fully saturated rings. The highest BCUT2D eigenvalue weighted by molar-refractivity contribution is 7.90. The first-order chi connectivity index (χ1) is 12.3. The molecule has 0 saturated heterocycles. The van der Waals surface area contributed by atoms with Gasteiger partial charge < -0.3 is 15.2 Å². The van der Waals surface area contributed by atoms with Crippen LogP contribution in [0.3, 0.4) is 0 Å². The molecule has 0 aliphatic carbocycles. The van der Waals surface area contributed by atoms with E-state index in [1.807, 2.05) is 6.07 Å². The number of rotatable bonds is 7. The first-order valence-electron chi connectivity index (χ1n) is 7.75. The lowest BCUT2D eigenvalue weighted by Crippen LogP contribution is -2.42. The molecule has 0 radical (unpaired) electrons. The molecule has 0 unspecified atom stereocenters. The van der Waals surface area contributed by atoms with Crippen molar-refractivity contribution in [1.29, 1.82) is 0 Å². The van der Waals surface area contributed by atoms with Gasteiger partial charge >= 0.3 is 12.1 Å². The van der Waals surface area contributed by atoms with Crippen LogP contribution in [0.2, 0.25) is 0 Å². The Hall–Kier alpha value is -2.87. The lowest BCUT2D eigenvalue weighted by molar-refractivity contribution is -0.139. The van der Waals surface area contributed by atoms with Crippen LogP contribution >= 0.6 is 0 Å². The first kappa shape index (κ1) is 19.5. The van der Waals surface area contributed by atoms with Crippen LogP contribution in [-0.4, -0.2) is 37.9 Å². The molecule has 1 amide bonds. The van der Waals surface area contributed by atoms with Gasteiger partial charge in [0, 0.05) is 12.7 Å². The van der Waals surface area contributed by atoms with E-state index < -0.39 is 27.9 Å². The summed E-state index contributed by atoms with van der Waals surface area (Å²) in [5, 5.41) is 11.6. The van der Waals surface area contributed by atoms with Crippen molar-refractivity contribution < 1.29 is 27.9 Å². The molecule has 2 aromatic rings. The molecule has 0 saturated carbocycles. The molecule has 1 atom stereocenters. The topological polar surface area (TPSA) is 110 Å². The van der Waals surface area contributed by atoms with Crippen molar-refractivity contribution >= 4 is 21.9 Å². The molecule has 0 aliphatic rings. The summed E-state index contributed by atoms with van der Waals surface area (Å²) in [4.78, 5) is 23.4. The van der Waals surface area contributed by atoms with Crippen molar-refractivity contribution in [2.75, 3.05) is 6.26 Å². The van der Waals surface area contributed by atoms with Gasteiger partial charge in [0.25, 0.3) is 0 Å². The first-order valence-corrected chi connectivity index (χ1v) is 9.64. The van der Waals surface area contributed by atoms with Crippen LogP contribution in [0.4, 0.5) is 4.79 Å². The number of nitrogens with one attached hydrogen (secondary N) is 1. The Kier molecular flexibility index (Phi) is 6.35. The number of hydrogen-bond donors (Lipinski definition) is 2. The fourth-order valence-electron chi connectivity index (χ4n) is 2.25. The third-order valence-corrected chi connectivity index (χ3v) is 4.68. The Morgan fingerprint density at radius 3 is 2.35 bits per heavy atom. The number of aliphatic carboxylic acids is 1. The fraction of sp³-hybridized carbons (Fsp3) is 0.222. The maximum atomic E-state index is 11.9. The highest BCUT2D eigenvalue weighted by atomic mass is 32.2. The van der Waals surface area contributed by atoms with Crippen molar-refractivity contribution in [3.8, 4) is 0 Å². The van der Waals surface area contributed by atoms with Crippen LogP contribution in [0.1, 0.15) is 11.1 Å². The molecule has 2 N–H and O–H groups in total. The zero-order valence-electron chi connectivity index (χ0n) is 14.1. The maximum Gasteiger partial charge on any atom is 0.408 e. The molecule has 138 valence electrons. The number of sulfone groups is 1. The lowest BCUT2D eigenvalue weighted by atomic mass is 10.1. The second-order valence-electron chi connectivity index (χ2n) is 5.72. The van der Waals surface area contributed by atoms with Crippen LogP contribution < -0.4 is 5.32 Å². The second-order valence-corrected chi connectivity index (χ2v) is 7.74. The number of carbonyl (C=O) groups is 2. The van der Waals surface area contributed by atoms with Crippen LogP contribution in [-0.2, 0) is 32.4 Å². The Balaban J connectivity index is 2.00. The van der Waals surface area contributed by atoms with Crippen molar-refractivity contribution in [1.82, 2.24) is 5.32 Å². The van der Waals surface area contributed by atoms with Gasteiger partial charge in [-0.25, -0.2) is 18.0 Å². The Morgan fingerprint density at radius 2 is 1.73 bits per heavy atom. The number of hydrogen-bond acceptors (Lipinski definition) is 5. The van der Waals surface area contributed by atoms with E-state index in [2.05, 4.69) is 5.32 Å². The molecule has 7 nitrogen and oxygen atoms in total. The van der Waals surface area contributed by atoms with Gasteiger partial charge in [0.1, 0.15) is 12.6 Å². The predicted molar refractivity (Wildman–Crippen MR) is 94.4 cm³/mol. The number of carbonyl (C=O) groups excluding carboxylic acids is 1. The smallest absolute Gasteiger partial charge is 0.408 e. The zero-order chi connectivity index (χ0) is 19.2. The highest BCUT2D eigenvalue weighted by Crippen LogP contribution is 2.13. The third-order valence-electron chi connectivity index (χ3n) is 3.57. The van der Waals surface area contributed by atoms with Gasteiger partial charge in [0.2, 0.25) is 0 Å². The number of alkyl carbamates (subject to hydrolysis) is 1. The molecule has 26 heavy (non-hydrogen) atoms. The number of benzene rings is 2. The van der Waals surface area contributed by atoms with Gasteiger partial charge in [-0.05, 0) is 23.3 Å². The van der Waals surface area contributed by atoms with Crippen LogP contribution in [0.15, 0.2) is 59.5 Å². The zero-order valence-corrected chi connectivity index (χ0v) is 14.9. The maximum absolute atomic E-state index is 11.9. The van der Waals surface area contributed by atoms with Gasteiger partial charge in [-0.1, -0.05) is 42.5 Å². The van der Waals surface area contributed by atoms with Gasteiger partial charge in [-0.2, -0.15) is 0 Å². The highest BCUT2D eigenvalue weighted by Gasteiger charge is 2.22. The average Bonchev–Trinajstić information content (AvgIpc) is 2.60. The van der Waals surface area contributed by atoms with Crippen molar-refractivity contribution in [3.05, 3.63) is 65.7 Å². The predicted octanol–water partition coefficient (Wildman–Crippen LogP) is 2.01. The largest absolute Gasteiger partial charge is 0.480 e. The van der Waals surface area contributed by atoms with E-state index >= 15 is 0 Å². The van der Waals surface area contributed by atoms with E-state index in [0.717, 1.165) is 11.8 Å².